The molecule has 3 aromatic rings. The molecule has 3 heterocycles. The number of aromatic nitrogens is 2. The molecule has 0 atom stereocenters. The zero-order valence-electron chi connectivity index (χ0n) is 15.6. The topological polar surface area (TPSA) is 58.1 Å². The van der Waals surface area contributed by atoms with Gasteiger partial charge in [0.15, 0.2) is 5.82 Å². The summed E-state index contributed by atoms with van der Waals surface area (Å²) in [5.74, 6) is 1.00. The van der Waals surface area contributed by atoms with E-state index in [4.69, 9.17) is 0 Å². The smallest absolute Gasteiger partial charge is 0.227 e. The summed E-state index contributed by atoms with van der Waals surface area (Å²) in [5, 5.41) is 13.8. The van der Waals surface area contributed by atoms with Crippen LogP contribution in [0.3, 0.4) is 0 Å². The predicted octanol–water partition coefficient (Wildman–Crippen LogP) is 5.13. The Hall–Kier alpha value is -2.25. The number of nitrogens with one attached hydrogen (secondary N) is 1. The molecular weight excluding hydrogens is 436 g/mol. The monoisotopic (exact) mass is 456 g/mol. The summed E-state index contributed by atoms with van der Waals surface area (Å²) < 4.78 is 1.05. The molecule has 28 heavy (non-hydrogen) atoms. The molecule has 0 unspecified atom stereocenters. The number of rotatable bonds is 4. The Bertz CT molecular complexity index is 951. The molecule has 1 aliphatic heterocycles. The van der Waals surface area contributed by atoms with E-state index in [-0.39, 0.29) is 11.8 Å². The van der Waals surface area contributed by atoms with Gasteiger partial charge in [0.25, 0.3) is 0 Å². The fourth-order valence-corrected chi connectivity index (χ4v) is 4.32. The average molecular weight is 457 g/mol. The van der Waals surface area contributed by atoms with Crippen molar-refractivity contribution in [2.75, 3.05) is 23.3 Å². The maximum Gasteiger partial charge on any atom is 0.227 e. The Morgan fingerprint density at radius 3 is 2.64 bits per heavy atom. The Morgan fingerprint density at radius 1 is 1.18 bits per heavy atom. The van der Waals surface area contributed by atoms with Crippen molar-refractivity contribution in [3.05, 3.63) is 57.9 Å². The van der Waals surface area contributed by atoms with Gasteiger partial charge in [0.1, 0.15) is 5.69 Å². The maximum atomic E-state index is 12.6. The Labute approximate surface area is 176 Å². The van der Waals surface area contributed by atoms with E-state index < -0.39 is 0 Å². The van der Waals surface area contributed by atoms with Crippen LogP contribution in [-0.2, 0) is 4.79 Å². The largest absolute Gasteiger partial charge is 0.355 e. The molecule has 2 aromatic heterocycles. The quantitative estimate of drug-likeness (QED) is 0.590. The molecule has 1 aromatic carbocycles. The van der Waals surface area contributed by atoms with Crippen molar-refractivity contribution in [2.45, 2.75) is 19.8 Å². The van der Waals surface area contributed by atoms with Gasteiger partial charge in [0, 0.05) is 29.2 Å². The highest BCUT2D eigenvalue weighted by Crippen LogP contribution is 2.26. The number of anilines is 2. The molecule has 1 saturated heterocycles. The minimum atomic E-state index is 0.0264. The molecule has 1 fully saturated rings. The van der Waals surface area contributed by atoms with Crippen molar-refractivity contribution in [2.24, 2.45) is 5.92 Å². The summed E-state index contributed by atoms with van der Waals surface area (Å²) in [7, 11) is 0. The third kappa shape index (κ3) is 4.25. The number of amides is 1. The van der Waals surface area contributed by atoms with Crippen molar-refractivity contribution in [1.82, 2.24) is 10.2 Å². The highest BCUT2D eigenvalue weighted by atomic mass is 79.9. The number of halogens is 1. The van der Waals surface area contributed by atoms with Crippen LogP contribution in [0.1, 0.15) is 18.4 Å². The van der Waals surface area contributed by atoms with Crippen molar-refractivity contribution in [3.8, 4) is 10.6 Å². The van der Waals surface area contributed by atoms with Gasteiger partial charge in [0.2, 0.25) is 5.91 Å². The molecule has 0 radical (unpaired) electrons. The molecular formula is C21H21BrN4OS. The Balaban J connectivity index is 1.33. The van der Waals surface area contributed by atoms with Gasteiger partial charge in [-0.25, -0.2) is 0 Å². The fourth-order valence-electron chi connectivity index (χ4n) is 3.39. The number of piperidine rings is 1. The molecule has 5 nitrogen and oxygen atoms in total. The second-order valence-corrected chi connectivity index (χ2v) is 8.77. The third-order valence-electron chi connectivity index (χ3n) is 5.04. The molecule has 1 amide bonds. The predicted molar refractivity (Wildman–Crippen MR) is 118 cm³/mol. The number of thiophene rings is 1. The van der Waals surface area contributed by atoms with Crippen molar-refractivity contribution in [1.29, 1.82) is 0 Å². The van der Waals surface area contributed by atoms with Crippen LogP contribution < -0.4 is 10.2 Å². The normalized spacial score (nSPS) is 14.9. The van der Waals surface area contributed by atoms with E-state index in [1.807, 2.05) is 54.8 Å². The lowest BCUT2D eigenvalue weighted by molar-refractivity contribution is -0.120. The van der Waals surface area contributed by atoms with E-state index in [0.29, 0.717) is 0 Å². The van der Waals surface area contributed by atoms with Crippen LogP contribution in [0.4, 0.5) is 11.5 Å². The van der Waals surface area contributed by atoms with Gasteiger partial charge in [-0.2, -0.15) is 0 Å². The minimum Gasteiger partial charge on any atom is -0.355 e. The highest BCUT2D eigenvalue weighted by Gasteiger charge is 2.26. The second-order valence-electron chi connectivity index (χ2n) is 6.97. The zero-order chi connectivity index (χ0) is 19.5. The van der Waals surface area contributed by atoms with Crippen molar-refractivity contribution >= 4 is 44.7 Å². The molecule has 1 aliphatic rings. The lowest BCUT2D eigenvalue weighted by Crippen LogP contribution is -2.38. The van der Waals surface area contributed by atoms with Crippen LogP contribution in [0.2, 0.25) is 0 Å². The van der Waals surface area contributed by atoms with Gasteiger partial charge >= 0.3 is 0 Å². The van der Waals surface area contributed by atoms with E-state index in [1.54, 1.807) is 11.3 Å². The van der Waals surface area contributed by atoms with E-state index in [2.05, 4.69) is 36.3 Å². The van der Waals surface area contributed by atoms with Crippen LogP contribution in [0.15, 0.2) is 52.3 Å². The summed E-state index contributed by atoms with van der Waals surface area (Å²) in [4.78, 5) is 15.9. The number of hydrogen-bond donors (Lipinski definition) is 1. The first kappa shape index (κ1) is 19.1. The van der Waals surface area contributed by atoms with E-state index in [0.717, 1.165) is 58.0 Å². The summed E-state index contributed by atoms with van der Waals surface area (Å²) >= 11 is 5.15. The van der Waals surface area contributed by atoms with E-state index in [1.165, 1.54) is 0 Å². The zero-order valence-corrected chi connectivity index (χ0v) is 18.0. The van der Waals surface area contributed by atoms with E-state index >= 15 is 0 Å². The van der Waals surface area contributed by atoms with E-state index in [9.17, 15) is 4.79 Å². The van der Waals surface area contributed by atoms with Crippen molar-refractivity contribution in [3.63, 3.8) is 0 Å². The van der Waals surface area contributed by atoms with Gasteiger partial charge < -0.3 is 10.2 Å². The Kier molecular flexibility index (Phi) is 5.73. The highest BCUT2D eigenvalue weighted by molar-refractivity contribution is 9.10. The second kappa shape index (κ2) is 8.41. The third-order valence-corrected chi connectivity index (χ3v) is 6.82. The summed E-state index contributed by atoms with van der Waals surface area (Å²) in [6, 6.07) is 14.0. The van der Waals surface area contributed by atoms with Crippen molar-refractivity contribution < 1.29 is 4.79 Å². The molecule has 0 bridgehead atoms. The lowest BCUT2D eigenvalue weighted by atomic mass is 9.95. The molecule has 7 heteroatoms. The van der Waals surface area contributed by atoms with Gasteiger partial charge in [-0.05, 0) is 67.1 Å². The number of hydrogen-bond acceptors (Lipinski definition) is 5. The summed E-state index contributed by atoms with van der Waals surface area (Å²) in [5.41, 5.74) is 2.86. The number of carbonyl (C=O) groups is 1. The molecule has 0 spiro atoms. The van der Waals surface area contributed by atoms with Gasteiger partial charge in [0.05, 0.1) is 4.88 Å². The van der Waals surface area contributed by atoms with Crippen LogP contribution in [-0.4, -0.2) is 29.2 Å². The van der Waals surface area contributed by atoms with Gasteiger partial charge in [-0.15, -0.1) is 21.5 Å². The molecule has 1 N–H and O–H groups in total. The first-order valence-corrected chi connectivity index (χ1v) is 11.0. The fraction of sp³-hybridized carbons (Fsp3) is 0.286. The van der Waals surface area contributed by atoms with Crippen LogP contribution in [0.25, 0.3) is 10.6 Å². The number of carbonyl (C=O) groups excluding carboxylic acids is 1. The number of nitrogens with zero attached hydrogens (tertiary/aromatic N) is 3. The minimum absolute atomic E-state index is 0.0264. The first-order valence-electron chi connectivity index (χ1n) is 9.30. The molecule has 0 saturated carbocycles. The average Bonchev–Trinajstić information content (AvgIpc) is 3.26. The first-order chi connectivity index (χ1) is 13.6. The number of benzene rings is 1. The molecule has 0 aliphatic carbocycles. The SMILES string of the molecule is Cc1cc(NC(=O)C2CCN(c3ccc(-c4cccs4)nn3)CC2)ccc1Br. The maximum absolute atomic E-state index is 12.6. The molecule has 144 valence electrons. The summed E-state index contributed by atoms with van der Waals surface area (Å²) in [6.07, 6.45) is 1.63. The number of aryl methyl sites for hydroxylation is 1. The van der Waals surface area contributed by atoms with Crippen LogP contribution in [0, 0.1) is 12.8 Å². The van der Waals surface area contributed by atoms with Gasteiger partial charge in [-0.1, -0.05) is 22.0 Å². The van der Waals surface area contributed by atoms with Gasteiger partial charge in [-0.3, -0.25) is 4.79 Å². The summed E-state index contributed by atoms with van der Waals surface area (Å²) in [6.45, 7) is 3.64. The van der Waals surface area contributed by atoms with Crippen LogP contribution >= 0.6 is 27.3 Å². The lowest BCUT2D eigenvalue weighted by Gasteiger charge is -2.31. The molecule has 4 rings (SSSR count). The van der Waals surface area contributed by atoms with Crippen LogP contribution in [0.5, 0.6) is 0 Å². The standard InChI is InChI=1S/C21H21BrN4OS/c1-14-13-16(4-5-17(14)22)23-21(27)15-8-10-26(11-9-15)20-7-6-18(24-25-20)19-3-2-12-28-19/h2-7,12-13,15H,8-11H2,1H3,(H,23,27). The Morgan fingerprint density at radius 2 is 2.00 bits per heavy atom.